The van der Waals surface area contributed by atoms with Crippen LogP contribution in [-0.2, 0) is 19.1 Å². The molecule has 0 saturated carbocycles. The Morgan fingerprint density at radius 1 is 1.00 bits per heavy atom. The molecule has 0 aliphatic carbocycles. The molecule has 1 aliphatic heterocycles. The summed E-state index contributed by atoms with van der Waals surface area (Å²) in [5, 5.41) is 6.36. The van der Waals surface area contributed by atoms with Crippen LogP contribution in [0.2, 0.25) is 0 Å². The normalized spacial score (nSPS) is 15.8. The summed E-state index contributed by atoms with van der Waals surface area (Å²) in [5.74, 6) is 1.84. The third kappa shape index (κ3) is 4.03. The summed E-state index contributed by atoms with van der Waals surface area (Å²) in [6.45, 7) is 1.16. The standard InChI is InChI=1S/C19H17F3N6/c20-19(21,22)16-3-1-13(7-24-16)8-26-17-4-2-12(6-25-17)5-14-9-27-18-15(14)10-23-11-28-18/h1-4,6-7,10-11,14H,5,8-9H2,(H,25,26)(H,23,27,28). The van der Waals surface area contributed by atoms with E-state index >= 15 is 0 Å². The first-order valence-corrected chi connectivity index (χ1v) is 8.74. The lowest BCUT2D eigenvalue weighted by Crippen LogP contribution is -2.09. The van der Waals surface area contributed by atoms with Gasteiger partial charge < -0.3 is 10.6 Å². The number of nitrogens with zero attached hydrogens (tertiary/aromatic N) is 4. The van der Waals surface area contributed by atoms with Crippen LogP contribution in [0, 0.1) is 0 Å². The highest BCUT2D eigenvalue weighted by Gasteiger charge is 2.32. The van der Waals surface area contributed by atoms with E-state index in [1.807, 2.05) is 18.3 Å². The van der Waals surface area contributed by atoms with Crippen molar-refractivity contribution in [3.05, 3.63) is 71.6 Å². The first kappa shape index (κ1) is 18.1. The predicted octanol–water partition coefficient (Wildman–Crippen LogP) is 3.65. The van der Waals surface area contributed by atoms with Crippen molar-refractivity contribution in [1.29, 1.82) is 0 Å². The lowest BCUT2D eigenvalue weighted by Gasteiger charge is -2.11. The fourth-order valence-corrected chi connectivity index (χ4v) is 3.12. The van der Waals surface area contributed by atoms with Crippen LogP contribution in [0.3, 0.4) is 0 Å². The van der Waals surface area contributed by atoms with E-state index in [2.05, 4.69) is 30.6 Å². The molecule has 0 aromatic carbocycles. The molecule has 6 nitrogen and oxygen atoms in total. The van der Waals surface area contributed by atoms with Gasteiger partial charge in [-0.05, 0) is 29.7 Å². The zero-order chi connectivity index (χ0) is 19.6. The molecule has 2 N–H and O–H groups in total. The minimum atomic E-state index is -4.43. The molecule has 0 spiro atoms. The van der Waals surface area contributed by atoms with Gasteiger partial charge in [0.1, 0.15) is 23.7 Å². The summed E-state index contributed by atoms with van der Waals surface area (Å²) in [4.78, 5) is 16.1. The number of halogens is 3. The lowest BCUT2D eigenvalue weighted by molar-refractivity contribution is -0.141. The Labute approximate surface area is 159 Å². The van der Waals surface area contributed by atoms with Crippen LogP contribution < -0.4 is 10.6 Å². The number of pyridine rings is 2. The van der Waals surface area contributed by atoms with Gasteiger partial charge in [-0.1, -0.05) is 12.1 Å². The number of rotatable bonds is 5. The van der Waals surface area contributed by atoms with Gasteiger partial charge in [-0.2, -0.15) is 13.2 Å². The zero-order valence-corrected chi connectivity index (χ0v) is 14.7. The number of hydrogen-bond donors (Lipinski definition) is 2. The summed E-state index contributed by atoms with van der Waals surface area (Å²) >= 11 is 0. The largest absolute Gasteiger partial charge is 0.433 e. The van der Waals surface area contributed by atoms with Gasteiger partial charge in [-0.25, -0.2) is 15.0 Å². The lowest BCUT2D eigenvalue weighted by atomic mass is 9.96. The zero-order valence-electron chi connectivity index (χ0n) is 14.7. The Balaban J connectivity index is 1.34. The smallest absolute Gasteiger partial charge is 0.369 e. The van der Waals surface area contributed by atoms with Crippen molar-refractivity contribution in [2.45, 2.75) is 25.1 Å². The van der Waals surface area contributed by atoms with Crippen LogP contribution in [0.25, 0.3) is 0 Å². The third-order valence-electron chi connectivity index (χ3n) is 4.59. The molecule has 9 heteroatoms. The first-order valence-electron chi connectivity index (χ1n) is 8.74. The molecule has 144 valence electrons. The minimum absolute atomic E-state index is 0.301. The van der Waals surface area contributed by atoms with Crippen molar-refractivity contribution in [2.24, 2.45) is 0 Å². The highest BCUT2D eigenvalue weighted by atomic mass is 19.4. The van der Waals surface area contributed by atoms with Crippen LogP contribution in [-0.4, -0.2) is 26.5 Å². The van der Waals surface area contributed by atoms with Crippen molar-refractivity contribution in [1.82, 2.24) is 19.9 Å². The summed E-state index contributed by atoms with van der Waals surface area (Å²) in [7, 11) is 0. The molecule has 1 atom stereocenters. The van der Waals surface area contributed by atoms with E-state index in [9.17, 15) is 13.2 Å². The van der Waals surface area contributed by atoms with E-state index in [0.717, 1.165) is 36.0 Å². The van der Waals surface area contributed by atoms with Crippen LogP contribution in [0.1, 0.15) is 28.3 Å². The van der Waals surface area contributed by atoms with Gasteiger partial charge in [-0.3, -0.25) is 4.98 Å². The number of fused-ring (bicyclic) bond motifs is 1. The van der Waals surface area contributed by atoms with Crippen molar-refractivity contribution < 1.29 is 13.2 Å². The molecule has 3 aromatic heterocycles. The predicted molar refractivity (Wildman–Crippen MR) is 97.8 cm³/mol. The summed E-state index contributed by atoms with van der Waals surface area (Å²) in [6.07, 6.45) is 2.79. The topological polar surface area (TPSA) is 75.6 Å². The fraction of sp³-hybridized carbons (Fsp3) is 0.263. The van der Waals surface area contributed by atoms with E-state index in [1.54, 1.807) is 6.20 Å². The molecule has 0 saturated heterocycles. The quantitative estimate of drug-likeness (QED) is 0.697. The monoisotopic (exact) mass is 386 g/mol. The van der Waals surface area contributed by atoms with Gasteiger partial charge in [0.05, 0.1) is 0 Å². The Kier molecular flexibility index (Phi) is 4.81. The molecule has 0 bridgehead atoms. The molecule has 3 aromatic rings. The van der Waals surface area contributed by atoms with Crippen LogP contribution in [0.15, 0.2) is 49.2 Å². The van der Waals surface area contributed by atoms with E-state index in [-0.39, 0.29) is 0 Å². The van der Waals surface area contributed by atoms with Crippen LogP contribution >= 0.6 is 0 Å². The summed E-state index contributed by atoms with van der Waals surface area (Å²) in [5.41, 5.74) is 1.95. The first-order chi connectivity index (χ1) is 13.5. The molecule has 1 aliphatic rings. The van der Waals surface area contributed by atoms with E-state index < -0.39 is 11.9 Å². The van der Waals surface area contributed by atoms with Gasteiger partial charge in [0.25, 0.3) is 0 Å². The number of anilines is 2. The SMILES string of the molecule is FC(F)(F)c1ccc(CNc2ccc(CC3CNc4ncncc43)cn2)cn1. The Morgan fingerprint density at radius 2 is 1.82 bits per heavy atom. The van der Waals surface area contributed by atoms with Crippen LogP contribution in [0.4, 0.5) is 24.8 Å². The minimum Gasteiger partial charge on any atom is -0.369 e. The molecular formula is C19H17F3N6. The molecule has 28 heavy (non-hydrogen) atoms. The van der Waals surface area contributed by atoms with Crippen molar-refractivity contribution in [2.75, 3.05) is 17.2 Å². The Hall–Kier alpha value is -3.23. The van der Waals surface area contributed by atoms with Gasteiger partial charge in [-0.15, -0.1) is 0 Å². The van der Waals surface area contributed by atoms with E-state index in [4.69, 9.17) is 0 Å². The summed E-state index contributed by atoms with van der Waals surface area (Å²) in [6, 6.07) is 6.23. The van der Waals surface area contributed by atoms with Gasteiger partial charge in [0.15, 0.2) is 0 Å². The highest BCUT2D eigenvalue weighted by Crippen LogP contribution is 2.31. The molecule has 0 radical (unpaired) electrons. The van der Waals surface area contributed by atoms with Crippen molar-refractivity contribution in [3.8, 4) is 0 Å². The summed E-state index contributed by atoms with van der Waals surface area (Å²) < 4.78 is 37.6. The molecule has 4 heterocycles. The average molecular weight is 386 g/mol. The molecule has 1 unspecified atom stereocenters. The maximum absolute atomic E-state index is 12.5. The molecule has 0 amide bonds. The number of hydrogen-bond acceptors (Lipinski definition) is 6. The Bertz CT molecular complexity index is 941. The average Bonchev–Trinajstić information content (AvgIpc) is 3.10. The molecule has 0 fully saturated rings. The van der Waals surface area contributed by atoms with E-state index in [0.29, 0.717) is 23.8 Å². The van der Waals surface area contributed by atoms with Gasteiger partial charge in [0.2, 0.25) is 0 Å². The third-order valence-corrected chi connectivity index (χ3v) is 4.59. The maximum Gasteiger partial charge on any atom is 0.433 e. The van der Waals surface area contributed by atoms with Gasteiger partial charge >= 0.3 is 6.18 Å². The van der Waals surface area contributed by atoms with Gasteiger partial charge in [0, 0.05) is 43.2 Å². The maximum atomic E-state index is 12.5. The molecule has 4 rings (SSSR count). The molecular weight excluding hydrogens is 369 g/mol. The Morgan fingerprint density at radius 3 is 2.54 bits per heavy atom. The van der Waals surface area contributed by atoms with Crippen molar-refractivity contribution in [3.63, 3.8) is 0 Å². The second-order valence-corrected chi connectivity index (χ2v) is 6.56. The highest BCUT2D eigenvalue weighted by molar-refractivity contribution is 5.51. The second kappa shape index (κ2) is 7.41. The van der Waals surface area contributed by atoms with Crippen LogP contribution in [0.5, 0.6) is 0 Å². The van der Waals surface area contributed by atoms with Crippen molar-refractivity contribution >= 4 is 11.6 Å². The number of aromatic nitrogens is 4. The fourth-order valence-electron chi connectivity index (χ4n) is 3.12. The van der Waals surface area contributed by atoms with E-state index in [1.165, 1.54) is 18.6 Å². The number of nitrogens with one attached hydrogen (secondary N) is 2. The number of alkyl halides is 3. The second-order valence-electron chi connectivity index (χ2n) is 6.56.